The first kappa shape index (κ1) is 13.9. The minimum Gasteiger partial charge on any atom is -0.340 e. The van der Waals surface area contributed by atoms with Crippen LogP contribution in [0.25, 0.3) is 0 Å². The van der Waals surface area contributed by atoms with Crippen molar-refractivity contribution in [2.45, 2.75) is 39.7 Å². The highest BCUT2D eigenvalue weighted by Crippen LogP contribution is 2.03. The molecule has 0 aliphatic rings. The molecule has 0 spiro atoms. The van der Waals surface area contributed by atoms with Gasteiger partial charge in [-0.1, -0.05) is 20.8 Å². The third kappa shape index (κ3) is 5.38. The molecule has 2 N–H and O–H groups in total. The van der Waals surface area contributed by atoms with Crippen LogP contribution in [-0.4, -0.2) is 29.9 Å². The quantitative estimate of drug-likeness (QED) is 0.715. The van der Waals surface area contributed by atoms with Crippen molar-refractivity contribution < 1.29 is 4.79 Å². The minimum atomic E-state index is -0.428. The van der Waals surface area contributed by atoms with Crippen LogP contribution in [0.15, 0.2) is 0 Å². The lowest BCUT2D eigenvalue weighted by Gasteiger charge is -2.26. The molecule has 15 heavy (non-hydrogen) atoms. The zero-order valence-electron chi connectivity index (χ0n) is 9.86. The molecule has 0 rings (SSSR count). The van der Waals surface area contributed by atoms with Crippen LogP contribution in [0.2, 0.25) is 0 Å². The van der Waals surface area contributed by atoms with E-state index in [2.05, 4.69) is 0 Å². The monoisotopic (exact) mass is 211 g/mol. The van der Waals surface area contributed by atoms with Gasteiger partial charge >= 0.3 is 0 Å². The van der Waals surface area contributed by atoms with Crippen LogP contribution in [0.1, 0.15) is 33.6 Å². The summed E-state index contributed by atoms with van der Waals surface area (Å²) in [7, 11) is 0. The average molecular weight is 211 g/mol. The van der Waals surface area contributed by atoms with Gasteiger partial charge in [0, 0.05) is 13.1 Å². The summed E-state index contributed by atoms with van der Waals surface area (Å²) in [4.78, 5) is 13.5. The van der Waals surface area contributed by atoms with Gasteiger partial charge in [-0.05, 0) is 12.3 Å². The number of carbonyl (C=O) groups excluding carboxylic acids is 1. The third-order valence-electron chi connectivity index (χ3n) is 2.15. The molecule has 0 aromatic carbocycles. The number of nitrogens with two attached hydrogens (primary N) is 1. The zero-order chi connectivity index (χ0) is 11.8. The van der Waals surface area contributed by atoms with Gasteiger partial charge in [-0.15, -0.1) is 0 Å². The minimum absolute atomic E-state index is 0.0403. The summed E-state index contributed by atoms with van der Waals surface area (Å²) in [6, 6.07) is 1.62. The van der Waals surface area contributed by atoms with Crippen molar-refractivity contribution in [3.8, 4) is 6.07 Å². The summed E-state index contributed by atoms with van der Waals surface area (Å²) in [5.41, 5.74) is 5.69. The SMILES string of the molecule is CC[C@@H](N)C(=O)N(CCC#N)CC(C)C. The lowest BCUT2D eigenvalue weighted by molar-refractivity contribution is -0.133. The molecule has 0 unspecified atom stereocenters. The van der Waals surface area contributed by atoms with Gasteiger partial charge in [0.25, 0.3) is 0 Å². The molecule has 0 fully saturated rings. The highest BCUT2D eigenvalue weighted by molar-refractivity contribution is 5.81. The molecule has 0 radical (unpaired) electrons. The molecule has 0 aromatic heterocycles. The summed E-state index contributed by atoms with van der Waals surface area (Å²) in [5.74, 6) is 0.359. The lowest BCUT2D eigenvalue weighted by Crippen LogP contribution is -2.45. The maximum absolute atomic E-state index is 11.8. The number of rotatable bonds is 6. The van der Waals surface area contributed by atoms with Gasteiger partial charge in [-0.3, -0.25) is 4.79 Å². The first-order chi connectivity index (χ1) is 7.02. The van der Waals surface area contributed by atoms with Crippen LogP contribution in [-0.2, 0) is 4.79 Å². The number of nitriles is 1. The molecule has 0 aliphatic heterocycles. The largest absolute Gasteiger partial charge is 0.340 e. The third-order valence-corrected chi connectivity index (χ3v) is 2.15. The van der Waals surface area contributed by atoms with Crippen LogP contribution in [0.4, 0.5) is 0 Å². The van der Waals surface area contributed by atoms with Gasteiger partial charge in [0.15, 0.2) is 0 Å². The molecule has 0 aliphatic carbocycles. The van der Waals surface area contributed by atoms with E-state index in [0.29, 0.717) is 31.8 Å². The van der Waals surface area contributed by atoms with Crippen molar-refractivity contribution in [2.24, 2.45) is 11.7 Å². The normalized spacial score (nSPS) is 12.3. The second-order valence-electron chi connectivity index (χ2n) is 4.10. The molecule has 0 saturated heterocycles. The average Bonchev–Trinajstić information content (AvgIpc) is 2.21. The Labute approximate surface area is 92.0 Å². The van der Waals surface area contributed by atoms with Crippen molar-refractivity contribution in [3.05, 3.63) is 0 Å². The van der Waals surface area contributed by atoms with E-state index in [1.807, 2.05) is 26.8 Å². The standard InChI is InChI=1S/C11H21N3O/c1-4-10(13)11(15)14(7-5-6-12)8-9(2)3/h9-10H,4-5,7-8,13H2,1-3H3/t10-/m1/s1. The molecule has 0 bridgehead atoms. The van der Waals surface area contributed by atoms with Gasteiger partial charge in [-0.2, -0.15) is 5.26 Å². The molecule has 0 aromatic rings. The van der Waals surface area contributed by atoms with Crippen LogP contribution in [0.3, 0.4) is 0 Å². The number of carbonyl (C=O) groups is 1. The maximum atomic E-state index is 11.8. The Morgan fingerprint density at radius 3 is 2.53 bits per heavy atom. The summed E-state index contributed by atoms with van der Waals surface area (Å²) < 4.78 is 0. The predicted molar refractivity (Wildman–Crippen MR) is 59.9 cm³/mol. The number of hydrogen-bond acceptors (Lipinski definition) is 3. The Bertz CT molecular complexity index is 232. The van der Waals surface area contributed by atoms with Crippen molar-refractivity contribution in [1.82, 2.24) is 4.90 Å². The Balaban J connectivity index is 4.34. The fourth-order valence-electron chi connectivity index (χ4n) is 1.33. The van der Waals surface area contributed by atoms with Crippen molar-refractivity contribution in [2.75, 3.05) is 13.1 Å². The Morgan fingerprint density at radius 2 is 2.13 bits per heavy atom. The molecule has 0 heterocycles. The van der Waals surface area contributed by atoms with Crippen LogP contribution < -0.4 is 5.73 Å². The summed E-state index contributed by atoms with van der Waals surface area (Å²) >= 11 is 0. The van der Waals surface area contributed by atoms with Crippen molar-refractivity contribution >= 4 is 5.91 Å². The topological polar surface area (TPSA) is 70.1 Å². The molecule has 1 amide bonds. The van der Waals surface area contributed by atoms with E-state index in [1.54, 1.807) is 4.90 Å². The van der Waals surface area contributed by atoms with E-state index in [4.69, 9.17) is 11.0 Å². The van der Waals surface area contributed by atoms with E-state index >= 15 is 0 Å². The van der Waals surface area contributed by atoms with Crippen LogP contribution in [0, 0.1) is 17.2 Å². The molecule has 1 atom stereocenters. The number of nitrogens with zero attached hydrogens (tertiary/aromatic N) is 2. The summed E-state index contributed by atoms with van der Waals surface area (Å²) in [6.45, 7) is 7.14. The fraction of sp³-hybridized carbons (Fsp3) is 0.818. The van der Waals surface area contributed by atoms with Gasteiger partial charge < -0.3 is 10.6 Å². The summed E-state index contributed by atoms with van der Waals surface area (Å²) in [6.07, 6.45) is 1.01. The van der Waals surface area contributed by atoms with E-state index in [1.165, 1.54) is 0 Å². The Kier molecular flexibility index (Phi) is 6.72. The van der Waals surface area contributed by atoms with Crippen LogP contribution >= 0.6 is 0 Å². The molecular weight excluding hydrogens is 190 g/mol. The zero-order valence-corrected chi connectivity index (χ0v) is 9.86. The van der Waals surface area contributed by atoms with E-state index < -0.39 is 6.04 Å². The Hall–Kier alpha value is -1.08. The molecule has 0 saturated carbocycles. The first-order valence-electron chi connectivity index (χ1n) is 5.44. The summed E-state index contributed by atoms with van der Waals surface area (Å²) in [5, 5.41) is 8.51. The van der Waals surface area contributed by atoms with Crippen molar-refractivity contribution in [3.63, 3.8) is 0 Å². The predicted octanol–water partition coefficient (Wildman–Crippen LogP) is 1.12. The lowest BCUT2D eigenvalue weighted by atomic mass is 10.1. The van der Waals surface area contributed by atoms with Gasteiger partial charge in [0.2, 0.25) is 5.91 Å². The molecular formula is C11H21N3O. The first-order valence-corrected chi connectivity index (χ1v) is 5.44. The van der Waals surface area contributed by atoms with Gasteiger partial charge in [0.1, 0.15) is 0 Å². The molecule has 86 valence electrons. The second kappa shape index (κ2) is 7.24. The van der Waals surface area contributed by atoms with Crippen LogP contribution in [0.5, 0.6) is 0 Å². The molecule has 4 heteroatoms. The van der Waals surface area contributed by atoms with Gasteiger partial charge in [-0.25, -0.2) is 0 Å². The van der Waals surface area contributed by atoms with E-state index in [-0.39, 0.29) is 5.91 Å². The smallest absolute Gasteiger partial charge is 0.239 e. The highest BCUT2D eigenvalue weighted by atomic mass is 16.2. The molecule has 4 nitrogen and oxygen atoms in total. The van der Waals surface area contributed by atoms with Crippen molar-refractivity contribution in [1.29, 1.82) is 5.26 Å². The Morgan fingerprint density at radius 1 is 1.53 bits per heavy atom. The van der Waals surface area contributed by atoms with Gasteiger partial charge in [0.05, 0.1) is 18.5 Å². The number of hydrogen-bond donors (Lipinski definition) is 1. The maximum Gasteiger partial charge on any atom is 0.239 e. The van der Waals surface area contributed by atoms with E-state index in [0.717, 1.165) is 0 Å². The number of amides is 1. The highest BCUT2D eigenvalue weighted by Gasteiger charge is 2.19. The second-order valence-corrected chi connectivity index (χ2v) is 4.10. The fourth-order valence-corrected chi connectivity index (χ4v) is 1.33. The van der Waals surface area contributed by atoms with E-state index in [9.17, 15) is 4.79 Å².